The number of benzene rings is 1. The fourth-order valence-electron chi connectivity index (χ4n) is 1.56. The highest BCUT2D eigenvalue weighted by atomic mass is 16.2. The molecule has 0 aliphatic carbocycles. The molecule has 2 amide bonds. The first-order chi connectivity index (χ1) is 9.38. The highest BCUT2D eigenvalue weighted by Gasteiger charge is 2.07. The summed E-state index contributed by atoms with van der Waals surface area (Å²) in [5.41, 5.74) is 7.29. The van der Waals surface area contributed by atoms with Gasteiger partial charge in [0.05, 0.1) is 0 Å². The minimum absolute atomic E-state index is 0.0111. The second kappa shape index (κ2) is 7.65. The highest BCUT2D eigenvalue weighted by Crippen LogP contribution is 2.11. The lowest BCUT2D eigenvalue weighted by Gasteiger charge is -2.10. The number of hydrogen-bond acceptors (Lipinski definition) is 3. The summed E-state index contributed by atoms with van der Waals surface area (Å²) in [6.45, 7) is 5.95. The van der Waals surface area contributed by atoms with Crippen molar-refractivity contribution in [3.8, 4) is 0 Å². The molecule has 20 heavy (non-hydrogen) atoms. The van der Waals surface area contributed by atoms with E-state index in [-0.39, 0.29) is 23.8 Å². The quantitative estimate of drug-likeness (QED) is 0.739. The first kappa shape index (κ1) is 16.2. The smallest absolute Gasteiger partial charge is 0.226 e. The van der Waals surface area contributed by atoms with Crippen LogP contribution in [0.1, 0.15) is 32.8 Å². The van der Waals surface area contributed by atoms with Gasteiger partial charge in [0.2, 0.25) is 11.8 Å². The number of carbonyl (C=O) groups is 2. The molecule has 1 atom stereocenters. The predicted molar refractivity (Wildman–Crippen MR) is 80.0 cm³/mol. The van der Waals surface area contributed by atoms with Gasteiger partial charge in [-0.2, -0.15) is 0 Å². The van der Waals surface area contributed by atoms with Crippen molar-refractivity contribution >= 4 is 17.5 Å². The Morgan fingerprint density at radius 2 is 1.75 bits per heavy atom. The molecule has 0 saturated heterocycles. The van der Waals surface area contributed by atoms with Crippen molar-refractivity contribution in [3.05, 3.63) is 29.8 Å². The number of carbonyl (C=O) groups excluding carboxylic acids is 2. The van der Waals surface area contributed by atoms with Gasteiger partial charge in [-0.25, -0.2) is 0 Å². The molecule has 110 valence electrons. The SMILES string of the molecule is CC(N)CC(=O)NCc1ccc(NC(=O)C(C)C)cc1. The van der Waals surface area contributed by atoms with E-state index in [9.17, 15) is 9.59 Å². The van der Waals surface area contributed by atoms with E-state index >= 15 is 0 Å². The molecule has 1 unspecified atom stereocenters. The average molecular weight is 277 g/mol. The van der Waals surface area contributed by atoms with Gasteiger partial charge >= 0.3 is 0 Å². The van der Waals surface area contributed by atoms with E-state index in [0.717, 1.165) is 11.3 Å². The molecule has 1 aromatic carbocycles. The number of amides is 2. The van der Waals surface area contributed by atoms with Crippen LogP contribution in [0.2, 0.25) is 0 Å². The van der Waals surface area contributed by atoms with Gasteiger partial charge in [0.15, 0.2) is 0 Å². The molecule has 5 nitrogen and oxygen atoms in total. The van der Waals surface area contributed by atoms with Crippen molar-refractivity contribution in [1.82, 2.24) is 5.32 Å². The van der Waals surface area contributed by atoms with Crippen LogP contribution in [0.3, 0.4) is 0 Å². The molecule has 4 N–H and O–H groups in total. The zero-order chi connectivity index (χ0) is 15.1. The van der Waals surface area contributed by atoms with Gasteiger partial charge in [0.25, 0.3) is 0 Å². The third kappa shape index (κ3) is 5.84. The Bertz CT molecular complexity index is 453. The Labute approximate surface area is 119 Å². The number of nitrogens with one attached hydrogen (secondary N) is 2. The first-order valence-electron chi connectivity index (χ1n) is 6.80. The van der Waals surface area contributed by atoms with Crippen molar-refractivity contribution in [2.45, 2.75) is 39.8 Å². The fourth-order valence-corrected chi connectivity index (χ4v) is 1.56. The van der Waals surface area contributed by atoms with Crippen LogP contribution in [0.4, 0.5) is 5.69 Å². The van der Waals surface area contributed by atoms with E-state index in [1.54, 1.807) is 6.92 Å². The van der Waals surface area contributed by atoms with Crippen molar-refractivity contribution < 1.29 is 9.59 Å². The topological polar surface area (TPSA) is 84.2 Å². The molecule has 0 bridgehead atoms. The largest absolute Gasteiger partial charge is 0.352 e. The summed E-state index contributed by atoms with van der Waals surface area (Å²) in [6, 6.07) is 7.27. The van der Waals surface area contributed by atoms with Crippen molar-refractivity contribution in [2.24, 2.45) is 11.7 Å². The molecule has 0 aliphatic heterocycles. The van der Waals surface area contributed by atoms with E-state index in [1.165, 1.54) is 0 Å². The maximum absolute atomic E-state index is 11.5. The molecule has 0 radical (unpaired) electrons. The second-order valence-electron chi connectivity index (χ2n) is 5.30. The minimum Gasteiger partial charge on any atom is -0.352 e. The number of rotatable bonds is 6. The van der Waals surface area contributed by atoms with E-state index < -0.39 is 0 Å². The van der Waals surface area contributed by atoms with Crippen LogP contribution in [0, 0.1) is 5.92 Å². The average Bonchev–Trinajstić information content (AvgIpc) is 2.37. The lowest BCUT2D eigenvalue weighted by atomic mass is 10.1. The standard InChI is InChI=1S/C15H23N3O2/c1-10(2)15(20)18-13-6-4-12(5-7-13)9-17-14(19)8-11(3)16/h4-7,10-11H,8-9,16H2,1-3H3,(H,17,19)(H,18,20). The van der Waals surface area contributed by atoms with Gasteiger partial charge in [0.1, 0.15) is 0 Å². The fraction of sp³-hybridized carbons (Fsp3) is 0.467. The number of anilines is 1. The van der Waals surface area contributed by atoms with Gasteiger partial charge in [-0.05, 0) is 24.6 Å². The maximum Gasteiger partial charge on any atom is 0.226 e. The van der Waals surface area contributed by atoms with Gasteiger partial charge < -0.3 is 16.4 Å². The van der Waals surface area contributed by atoms with Crippen LogP contribution < -0.4 is 16.4 Å². The van der Waals surface area contributed by atoms with Crippen molar-refractivity contribution in [2.75, 3.05) is 5.32 Å². The molecule has 0 aromatic heterocycles. The van der Waals surface area contributed by atoms with Gasteiger partial charge in [0, 0.05) is 30.6 Å². The molecule has 1 rings (SSSR count). The molecule has 0 spiro atoms. The van der Waals surface area contributed by atoms with Gasteiger partial charge in [-0.1, -0.05) is 26.0 Å². The summed E-state index contributed by atoms with van der Waals surface area (Å²) in [5, 5.41) is 5.62. The molecule has 0 heterocycles. The highest BCUT2D eigenvalue weighted by molar-refractivity contribution is 5.92. The summed E-state index contributed by atoms with van der Waals surface area (Å²) in [4.78, 5) is 23.0. The van der Waals surface area contributed by atoms with Gasteiger partial charge in [-0.3, -0.25) is 9.59 Å². The first-order valence-corrected chi connectivity index (χ1v) is 6.80. The minimum atomic E-state index is -0.136. The molecule has 0 fully saturated rings. The summed E-state index contributed by atoms with van der Waals surface area (Å²) >= 11 is 0. The van der Waals surface area contributed by atoms with Crippen LogP contribution in [-0.4, -0.2) is 17.9 Å². The summed E-state index contributed by atoms with van der Waals surface area (Å²) in [5.74, 6) is -0.118. The summed E-state index contributed by atoms with van der Waals surface area (Å²) < 4.78 is 0. The molecular formula is C15H23N3O2. The Morgan fingerprint density at radius 3 is 2.25 bits per heavy atom. The maximum atomic E-state index is 11.5. The van der Waals surface area contributed by atoms with Crippen LogP contribution in [-0.2, 0) is 16.1 Å². The van der Waals surface area contributed by atoms with E-state index in [0.29, 0.717) is 13.0 Å². The van der Waals surface area contributed by atoms with E-state index in [2.05, 4.69) is 10.6 Å². The number of nitrogens with two attached hydrogens (primary N) is 1. The van der Waals surface area contributed by atoms with Crippen LogP contribution >= 0.6 is 0 Å². The molecule has 5 heteroatoms. The van der Waals surface area contributed by atoms with Crippen LogP contribution in [0.25, 0.3) is 0 Å². The second-order valence-corrected chi connectivity index (χ2v) is 5.30. The normalized spacial score (nSPS) is 12.1. The van der Waals surface area contributed by atoms with Crippen LogP contribution in [0.5, 0.6) is 0 Å². The summed E-state index contributed by atoms with van der Waals surface area (Å²) in [7, 11) is 0. The third-order valence-corrected chi connectivity index (χ3v) is 2.74. The molecule has 0 aliphatic rings. The van der Waals surface area contributed by atoms with E-state index in [1.807, 2.05) is 38.1 Å². The Hall–Kier alpha value is -1.88. The zero-order valence-corrected chi connectivity index (χ0v) is 12.3. The summed E-state index contributed by atoms with van der Waals surface area (Å²) in [6.07, 6.45) is 0.322. The lowest BCUT2D eigenvalue weighted by molar-refractivity contribution is -0.121. The molecular weight excluding hydrogens is 254 g/mol. The van der Waals surface area contributed by atoms with Crippen molar-refractivity contribution in [3.63, 3.8) is 0 Å². The lowest BCUT2D eigenvalue weighted by Crippen LogP contribution is -2.29. The van der Waals surface area contributed by atoms with E-state index in [4.69, 9.17) is 5.73 Å². The third-order valence-electron chi connectivity index (χ3n) is 2.74. The Morgan fingerprint density at radius 1 is 1.15 bits per heavy atom. The number of hydrogen-bond donors (Lipinski definition) is 3. The Kier molecular flexibility index (Phi) is 6.18. The predicted octanol–water partition coefficient (Wildman–Crippen LogP) is 1.63. The van der Waals surface area contributed by atoms with Crippen LogP contribution in [0.15, 0.2) is 24.3 Å². The molecule has 1 aromatic rings. The Balaban J connectivity index is 2.46. The monoisotopic (exact) mass is 277 g/mol. The zero-order valence-electron chi connectivity index (χ0n) is 12.3. The molecule has 0 saturated carbocycles. The van der Waals surface area contributed by atoms with Crippen molar-refractivity contribution in [1.29, 1.82) is 0 Å². The van der Waals surface area contributed by atoms with Gasteiger partial charge in [-0.15, -0.1) is 0 Å².